The number of carbonyl (C=O) groups is 2. The molecule has 2 aromatic carbocycles. The summed E-state index contributed by atoms with van der Waals surface area (Å²) < 4.78 is 33.8. The van der Waals surface area contributed by atoms with Crippen LogP contribution >= 0.6 is 0 Å². The van der Waals surface area contributed by atoms with Crippen molar-refractivity contribution in [3.8, 4) is 5.69 Å². The number of rotatable bonds is 5. The van der Waals surface area contributed by atoms with E-state index in [2.05, 4.69) is 44.8 Å². The second-order valence-corrected chi connectivity index (χ2v) is 7.86. The molecule has 1 aliphatic rings. The lowest BCUT2D eigenvalue weighted by Gasteiger charge is -2.35. The van der Waals surface area contributed by atoms with Gasteiger partial charge in [-0.25, -0.2) is 9.78 Å². The Hall–Kier alpha value is -3.40. The lowest BCUT2D eigenvalue weighted by atomic mass is 9.98. The molecule has 3 N–H and O–H groups in total. The van der Waals surface area contributed by atoms with Gasteiger partial charge in [0, 0.05) is 24.7 Å². The Balaban J connectivity index is 0.000000383. The summed E-state index contributed by atoms with van der Waals surface area (Å²) in [5.74, 6) is -2.96. The third-order valence-electron chi connectivity index (χ3n) is 5.48. The van der Waals surface area contributed by atoms with Crippen LogP contribution in [0.25, 0.3) is 16.7 Å². The third-order valence-corrected chi connectivity index (χ3v) is 5.48. The van der Waals surface area contributed by atoms with Gasteiger partial charge in [-0.15, -0.1) is 0 Å². The van der Waals surface area contributed by atoms with E-state index in [9.17, 15) is 18.0 Å². The van der Waals surface area contributed by atoms with Crippen LogP contribution in [0.15, 0.2) is 54.9 Å². The number of hydrogen-bond acceptors (Lipinski definition) is 4. The Morgan fingerprint density at radius 3 is 2.39 bits per heavy atom. The number of carboxylic acid groups (broad SMARTS) is 1. The van der Waals surface area contributed by atoms with Crippen molar-refractivity contribution in [2.75, 3.05) is 6.54 Å². The molecule has 1 atom stereocenters. The highest BCUT2D eigenvalue weighted by molar-refractivity contribution is 5.77. The van der Waals surface area contributed by atoms with Gasteiger partial charge < -0.3 is 10.8 Å². The first-order chi connectivity index (χ1) is 15.6. The fourth-order valence-electron chi connectivity index (χ4n) is 3.89. The van der Waals surface area contributed by atoms with Crippen LogP contribution in [0.1, 0.15) is 31.2 Å². The number of fused-ring (bicyclic) bond motifs is 1. The fraction of sp³-hybridized carbons (Fsp3) is 0.348. The van der Waals surface area contributed by atoms with Crippen molar-refractivity contribution in [2.24, 2.45) is 5.73 Å². The van der Waals surface area contributed by atoms with E-state index in [1.54, 1.807) is 0 Å². The van der Waals surface area contributed by atoms with Crippen molar-refractivity contribution in [1.82, 2.24) is 14.5 Å². The van der Waals surface area contributed by atoms with Gasteiger partial charge in [-0.1, -0.05) is 30.7 Å². The smallest absolute Gasteiger partial charge is 0.475 e. The van der Waals surface area contributed by atoms with Crippen LogP contribution in [0, 0.1) is 0 Å². The number of primary amides is 1. The van der Waals surface area contributed by atoms with Gasteiger partial charge in [-0.2, -0.15) is 13.2 Å². The first-order valence-electron chi connectivity index (χ1n) is 10.5. The number of nitrogens with zero attached hydrogens (tertiary/aromatic N) is 3. The maximum atomic E-state index is 11.3. The Morgan fingerprint density at radius 1 is 1.09 bits per heavy atom. The van der Waals surface area contributed by atoms with E-state index in [-0.39, 0.29) is 11.9 Å². The van der Waals surface area contributed by atoms with Gasteiger partial charge in [0.2, 0.25) is 5.91 Å². The quantitative estimate of drug-likeness (QED) is 0.599. The standard InChI is InChI=1S/C21H24N4O.C2HF3O2/c22-21(26)13-18-5-3-4-12-24(18)14-16-8-10-17(11-9-16)25-15-23-19-6-1-2-7-20(19)25;3-2(4,5)1(6)7/h1-2,6-11,15,18H,3-5,12-14H2,(H2,22,26);(H,6,7). The molecule has 0 saturated carbocycles. The molecule has 0 bridgehead atoms. The summed E-state index contributed by atoms with van der Waals surface area (Å²) >= 11 is 0. The molecular weight excluding hydrogens is 437 g/mol. The molecule has 10 heteroatoms. The highest BCUT2D eigenvalue weighted by atomic mass is 19.4. The van der Waals surface area contributed by atoms with Gasteiger partial charge in [0.15, 0.2) is 0 Å². The average molecular weight is 462 g/mol. The number of nitrogens with two attached hydrogens (primary N) is 1. The predicted octanol–water partition coefficient (Wildman–Crippen LogP) is 3.89. The van der Waals surface area contributed by atoms with Crippen molar-refractivity contribution in [1.29, 1.82) is 0 Å². The number of likely N-dealkylation sites (tertiary alicyclic amines) is 1. The topological polar surface area (TPSA) is 101 Å². The highest BCUT2D eigenvalue weighted by Gasteiger charge is 2.38. The Kier molecular flexibility index (Phi) is 7.70. The maximum absolute atomic E-state index is 11.3. The number of benzene rings is 2. The number of carboxylic acids is 1. The third kappa shape index (κ3) is 6.55. The molecule has 0 radical (unpaired) electrons. The fourth-order valence-corrected chi connectivity index (χ4v) is 3.89. The normalized spacial score (nSPS) is 16.8. The van der Waals surface area contributed by atoms with Gasteiger partial charge in [0.1, 0.15) is 6.33 Å². The molecule has 0 aliphatic carbocycles. The van der Waals surface area contributed by atoms with Gasteiger partial charge in [-0.05, 0) is 49.2 Å². The van der Waals surface area contributed by atoms with E-state index in [1.807, 2.05) is 24.5 Å². The molecule has 4 rings (SSSR count). The SMILES string of the molecule is NC(=O)CC1CCCCN1Cc1ccc(-n2cnc3ccccc32)cc1.O=C(O)C(F)(F)F. The first kappa shape index (κ1) is 24.2. The summed E-state index contributed by atoms with van der Waals surface area (Å²) in [4.78, 5) is 27.1. The Labute approximate surface area is 188 Å². The maximum Gasteiger partial charge on any atom is 0.490 e. The second kappa shape index (κ2) is 10.5. The molecule has 2 heterocycles. The van der Waals surface area contributed by atoms with Crippen molar-refractivity contribution in [3.63, 3.8) is 0 Å². The number of aromatic nitrogens is 2. The summed E-state index contributed by atoms with van der Waals surface area (Å²) in [5.41, 5.74) is 9.90. The van der Waals surface area contributed by atoms with E-state index >= 15 is 0 Å². The molecule has 1 fully saturated rings. The summed E-state index contributed by atoms with van der Waals surface area (Å²) in [5, 5.41) is 7.12. The van der Waals surface area contributed by atoms with E-state index in [0.29, 0.717) is 6.42 Å². The zero-order valence-corrected chi connectivity index (χ0v) is 17.8. The van der Waals surface area contributed by atoms with Crippen LogP contribution in [0.3, 0.4) is 0 Å². The minimum atomic E-state index is -5.08. The zero-order valence-electron chi connectivity index (χ0n) is 17.8. The molecule has 1 amide bonds. The van der Waals surface area contributed by atoms with Crippen molar-refractivity contribution >= 4 is 22.9 Å². The average Bonchev–Trinajstić information content (AvgIpc) is 3.19. The largest absolute Gasteiger partial charge is 0.490 e. The number of alkyl halides is 3. The first-order valence-corrected chi connectivity index (χ1v) is 10.5. The summed E-state index contributed by atoms with van der Waals surface area (Å²) in [6.07, 6.45) is 0.670. The molecule has 33 heavy (non-hydrogen) atoms. The molecule has 1 unspecified atom stereocenters. The molecule has 1 aliphatic heterocycles. The molecule has 0 spiro atoms. The summed E-state index contributed by atoms with van der Waals surface area (Å²) in [6, 6.07) is 17.0. The minimum Gasteiger partial charge on any atom is -0.475 e. The molecule has 1 saturated heterocycles. The van der Waals surface area contributed by atoms with Crippen molar-refractivity contribution in [2.45, 2.75) is 44.4 Å². The van der Waals surface area contributed by atoms with Crippen LogP contribution in [0.2, 0.25) is 0 Å². The molecular formula is C23H25F3N4O3. The lowest BCUT2D eigenvalue weighted by Crippen LogP contribution is -2.41. The molecule has 7 nitrogen and oxygen atoms in total. The van der Waals surface area contributed by atoms with Crippen LogP contribution in [-0.2, 0) is 16.1 Å². The number of aliphatic carboxylic acids is 1. The van der Waals surface area contributed by atoms with Crippen molar-refractivity contribution in [3.05, 3.63) is 60.4 Å². The van der Waals surface area contributed by atoms with E-state index in [0.717, 1.165) is 36.2 Å². The minimum absolute atomic E-state index is 0.204. The monoisotopic (exact) mass is 462 g/mol. The van der Waals surface area contributed by atoms with Gasteiger partial charge in [0.05, 0.1) is 11.0 Å². The van der Waals surface area contributed by atoms with Crippen LogP contribution in [0.4, 0.5) is 13.2 Å². The van der Waals surface area contributed by atoms with Crippen LogP contribution < -0.4 is 5.73 Å². The van der Waals surface area contributed by atoms with E-state index in [1.165, 1.54) is 18.4 Å². The van der Waals surface area contributed by atoms with Gasteiger partial charge in [0.25, 0.3) is 0 Å². The molecule has 1 aromatic heterocycles. The molecule has 176 valence electrons. The van der Waals surface area contributed by atoms with Crippen LogP contribution in [-0.4, -0.2) is 50.2 Å². The summed E-state index contributed by atoms with van der Waals surface area (Å²) in [7, 11) is 0. The number of piperidine rings is 1. The number of para-hydroxylation sites is 2. The van der Waals surface area contributed by atoms with E-state index in [4.69, 9.17) is 15.6 Å². The summed E-state index contributed by atoms with van der Waals surface area (Å²) in [6.45, 7) is 1.90. The van der Waals surface area contributed by atoms with Crippen molar-refractivity contribution < 1.29 is 27.9 Å². The van der Waals surface area contributed by atoms with Gasteiger partial charge >= 0.3 is 12.1 Å². The molecule has 3 aromatic rings. The Morgan fingerprint density at radius 2 is 1.76 bits per heavy atom. The number of imidazole rings is 1. The second-order valence-electron chi connectivity index (χ2n) is 7.86. The number of halogens is 3. The lowest BCUT2D eigenvalue weighted by molar-refractivity contribution is -0.192. The van der Waals surface area contributed by atoms with Crippen LogP contribution in [0.5, 0.6) is 0 Å². The number of carbonyl (C=O) groups excluding carboxylic acids is 1. The predicted molar refractivity (Wildman–Crippen MR) is 117 cm³/mol. The van der Waals surface area contributed by atoms with Gasteiger partial charge in [-0.3, -0.25) is 14.3 Å². The van der Waals surface area contributed by atoms with E-state index < -0.39 is 12.1 Å². The number of amides is 1. The Bertz CT molecular complexity index is 1100. The number of hydrogen-bond donors (Lipinski definition) is 2. The zero-order chi connectivity index (χ0) is 24.0. The highest BCUT2D eigenvalue weighted by Crippen LogP contribution is 2.23.